The molecule has 1 fully saturated rings. The number of allylic oxidation sites excluding steroid dienone is 2. The molecular weight excluding hydrogens is 484 g/mol. The number of benzene rings is 2. The van der Waals surface area contributed by atoms with Crippen LogP contribution in [0.2, 0.25) is 0 Å². The van der Waals surface area contributed by atoms with Gasteiger partial charge in [0.15, 0.2) is 5.78 Å². The van der Waals surface area contributed by atoms with E-state index in [4.69, 9.17) is 18.9 Å². The summed E-state index contributed by atoms with van der Waals surface area (Å²) in [6.45, 7) is 3.31. The van der Waals surface area contributed by atoms with Crippen LogP contribution in [0.1, 0.15) is 47.9 Å². The van der Waals surface area contributed by atoms with Gasteiger partial charge in [-0.2, -0.15) is 0 Å². The van der Waals surface area contributed by atoms with Crippen LogP contribution in [-0.4, -0.2) is 75.7 Å². The standard InChI is InChI=1S/C27H32O10/c1-13(2)4-9-16-20(36-27-24(33)23(32)26(34-3)21(12-28)37-27)11-18(31)22-17(30)10-19(35-25(16)22)14-5-7-15(29)8-6-14/h4-8,11,19,21,23-24,26-29,31-33H,9-10,12H2,1-3H3/t19?,21-,23-,24-,26-,27-/m1/s1. The molecule has 0 spiro atoms. The highest BCUT2D eigenvalue weighted by atomic mass is 16.7. The van der Waals surface area contributed by atoms with Gasteiger partial charge in [0.05, 0.1) is 13.0 Å². The average Bonchev–Trinajstić information content (AvgIpc) is 2.86. The number of Topliss-reactive ketones (excluding diaryl/α,β-unsaturated/α-hetero) is 1. The van der Waals surface area contributed by atoms with Crippen LogP contribution in [0.3, 0.4) is 0 Å². The van der Waals surface area contributed by atoms with Crippen molar-refractivity contribution >= 4 is 5.78 Å². The first-order valence-corrected chi connectivity index (χ1v) is 12.0. The molecule has 1 unspecified atom stereocenters. The molecule has 2 aromatic carbocycles. The van der Waals surface area contributed by atoms with Crippen LogP contribution in [0.15, 0.2) is 42.0 Å². The van der Waals surface area contributed by atoms with Crippen molar-refractivity contribution in [2.24, 2.45) is 0 Å². The number of fused-ring (bicyclic) bond motifs is 1. The lowest BCUT2D eigenvalue weighted by molar-refractivity contribution is -0.282. The number of aliphatic hydroxyl groups is 3. The zero-order valence-corrected chi connectivity index (χ0v) is 20.8. The van der Waals surface area contributed by atoms with E-state index in [1.54, 1.807) is 12.1 Å². The van der Waals surface area contributed by atoms with Crippen LogP contribution in [0.25, 0.3) is 0 Å². The number of rotatable bonds is 7. The molecule has 5 N–H and O–H groups in total. The van der Waals surface area contributed by atoms with E-state index in [0.717, 1.165) is 5.57 Å². The summed E-state index contributed by atoms with van der Waals surface area (Å²) >= 11 is 0. The predicted octanol–water partition coefficient (Wildman–Crippen LogP) is 2.15. The van der Waals surface area contributed by atoms with Crippen molar-refractivity contribution in [3.05, 3.63) is 58.7 Å². The summed E-state index contributed by atoms with van der Waals surface area (Å²) in [5.41, 5.74) is 2.11. The van der Waals surface area contributed by atoms with Gasteiger partial charge < -0.3 is 44.5 Å². The van der Waals surface area contributed by atoms with Crippen LogP contribution in [0, 0.1) is 0 Å². The van der Waals surface area contributed by atoms with Gasteiger partial charge in [0.25, 0.3) is 0 Å². The molecule has 10 heteroatoms. The third-order valence-corrected chi connectivity index (χ3v) is 6.55. The Hall–Kier alpha value is -3.15. The zero-order chi connectivity index (χ0) is 26.9. The van der Waals surface area contributed by atoms with Gasteiger partial charge in [-0.3, -0.25) is 4.79 Å². The quantitative estimate of drug-likeness (QED) is 0.346. The number of hydrogen-bond acceptors (Lipinski definition) is 10. The largest absolute Gasteiger partial charge is 0.508 e. The maximum absolute atomic E-state index is 13.1. The van der Waals surface area contributed by atoms with Crippen molar-refractivity contribution in [3.63, 3.8) is 0 Å². The Balaban J connectivity index is 1.75. The number of ketones is 1. The number of methoxy groups -OCH3 is 1. The van der Waals surface area contributed by atoms with Crippen molar-refractivity contribution < 1.29 is 49.3 Å². The van der Waals surface area contributed by atoms with Crippen LogP contribution >= 0.6 is 0 Å². The third-order valence-electron chi connectivity index (χ3n) is 6.55. The Morgan fingerprint density at radius 2 is 1.84 bits per heavy atom. The van der Waals surface area contributed by atoms with Gasteiger partial charge in [0.1, 0.15) is 59.1 Å². The fourth-order valence-electron chi connectivity index (χ4n) is 4.56. The Bertz CT molecular complexity index is 1150. The topological polar surface area (TPSA) is 155 Å². The number of ether oxygens (including phenoxy) is 4. The predicted molar refractivity (Wildman–Crippen MR) is 131 cm³/mol. The van der Waals surface area contributed by atoms with Gasteiger partial charge in [0, 0.05) is 18.7 Å². The SMILES string of the molecule is CO[C@H]1[C@H](O)[C@@H](O)[C@H](Oc2cc(O)c3c(c2CC=C(C)C)OC(c2ccc(O)cc2)CC3=O)O[C@@H]1CO. The second kappa shape index (κ2) is 11.1. The highest BCUT2D eigenvalue weighted by molar-refractivity contribution is 6.03. The molecule has 2 heterocycles. The van der Waals surface area contributed by atoms with Crippen molar-refractivity contribution in [1.29, 1.82) is 0 Å². The summed E-state index contributed by atoms with van der Waals surface area (Å²) in [4.78, 5) is 13.1. The molecule has 0 bridgehead atoms. The summed E-state index contributed by atoms with van der Waals surface area (Å²) < 4.78 is 23.0. The first-order valence-electron chi connectivity index (χ1n) is 12.0. The molecular formula is C27H32O10. The molecule has 2 aliphatic rings. The summed E-state index contributed by atoms with van der Waals surface area (Å²) in [6, 6.07) is 7.57. The minimum Gasteiger partial charge on any atom is -0.508 e. The molecule has 2 aromatic rings. The Labute approximate surface area is 214 Å². The number of phenolic OH excluding ortho intramolecular Hbond substituents is 2. The highest BCUT2D eigenvalue weighted by Gasteiger charge is 2.46. The molecule has 0 radical (unpaired) electrons. The maximum Gasteiger partial charge on any atom is 0.229 e. The Kier molecular flexibility index (Phi) is 8.05. The molecule has 0 aliphatic carbocycles. The van der Waals surface area contributed by atoms with Crippen molar-refractivity contribution in [2.45, 2.75) is 63.5 Å². The number of carbonyl (C=O) groups is 1. The van der Waals surface area contributed by atoms with Crippen LogP contribution in [-0.2, 0) is 15.9 Å². The molecule has 10 nitrogen and oxygen atoms in total. The molecule has 0 amide bonds. The lowest BCUT2D eigenvalue weighted by Gasteiger charge is -2.41. The smallest absolute Gasteiger partial charge is 0.229 e. The second-order valence-electron chi connectivity index (χ2n) is 9.41. The summed E-state index contributed by atoms with van der Waals surface area (Å²) in [6.07, 6.45) is -4.83. The summed E-state index contributed by atoms with van der Waals surface area (Å²) in [7, 11) is 1.33. The van der Waals surface area contributed by atoms with Gasteiger partial charge in [-0.05, 0) is 38.0 Å². The van der Waals surface area contributed by atoms with Gasteiger partial charge in [-0.15, -0.1) is 0 Å². The molecule has 6 atom stereocenters. The van der Waals surface area contributed by atoms with Gasteiger partial charge in [0.2, 0.25) is 6.29 Å². The van der Waals surface area contributed by atoms with Crippen LogP contribution in [0.4, 0.5) is 0 Å². The molecule has 1 saturated heterocycles. The number of aromatic hydroxyl groups is 2. The first-order chi connectivity index (χ1) is 17.6. The van der Waals surface area contributed by atoms with Crippen LogP contribution < -0.4 is 9.47 Å². The van der Waals surface area contributed by atoms with Crippen molar-refractivity contribution in [1.82, 2.24) is 0 Å². The molecule has 37 heavy (non-hydrogen) atoms. The molecule has 4 rings (SSSR count). The van der Waals surface area contributed by atoms with E-state index in [1.165, 1.54) is 25.3 Å². The number of phenols is 2. The minimum atomic E-state index is -1.53. The number of carbonyl (C=O) groups excluding carboxylic acids is 1. The molecule has 200 valence electrons. The normalized spacial score (nSPS) is 27.2. The van der Waals surface area contributed by atoms with E-state index < -0.39 is 43.4 Å². The maximum atomic E-state index is 13.1. The van der Waals surface area contributed by atoms with Gasteiger partial charge in [-0.1, -0.05) is 23.8 Å². The zero-order valence-electron chi connectivity index (χ0n) is 20.8. The Morgan fingerprint density at radius 1 is 1.14 bits per heavy atom. The summed E-state index contributed by atoms with van der Waals surface area (Å²) in [5.74, 6) is -0.388. The monoisotopic (exact) mass is 516 g/mol. The molecule has 0 aromatic heterocycles. The van der Waals surface area contributed by atoms with Gasteiger partial charge >= 0.3 is 0 Å². The van der Waals surface area contributed by atoms with Crippen LogP contribution in [0.5, 0.6) is 23.0 Å². The van der Waals surface area contributed by atoms with Crippen molar-refractivity contribution in [3.8, 4) is 23.0 Å². The lowest BCUT2D eigenvalue weighted by Crippen LogP contribution is -2.60. The fraction of sp³-hybridized carbons (Fsp3) is 0.444. The van der Waals surface area contributed by atoms with E-state index in [-0.39, 0.29) is 47.2 Å². The third kappa shape index (κ3) is 5.43. The molecule has 2 aliphatic heterocycles. The van der Waals surface area contributed by atoms with E-state index in [1.807, 2.05) is 19.9 Å². The first kappa shape index (κ1) is 26.9. The number of aliphatic hydroxyl groups excluding tert-OH is 3. The highest BCUT2D eigenvalue weighted by Crippen LogP contribution is 2.46. The Morgan fingerprint density at radius 3 is 2.46 bits per heavy atom. The summed E-state index contributed by atoms with van der Waals surface area (Å²) in [5, 5.41) is 51.3. The van der Waals surface area contributed by atoms with Gasteiger partial charge in [-0.25, -0.2) is 0 Å². The van der Waals surface area contributed by atoms with E-state index in [9.17, 15) is 30.3 Å². The van der Waals surface area contributed by atoms with Crippen molar-refractivity contribution in [2.75, 3.05) is 13.7 Å². The molecule has 0 saturated carbocycles. The average molecular weight is 517 g/mol. The van der Waals surface area contributed by atoms with E-state index >= 15 is 0 Å². The number of hydrogen-bond donors (Lipinski definition) is 5. The van der Waals surface area contributed by atoms with E-state index in [2.05, 4.69) is 0 Å². The minimum absolute atomic E-state index is 0.0130. The second-order valence-corrected chi connectivity index (χ2v) is 9.41. The lowest BCUT2D eigenvalue weighted by atomic mass is 9.92. The van der Waals surface area contributed by atoms with E-state index in [0.29, 0.717) is 11.1 Å². The fourth-order valence-corrected chi connectivity index (χ4v) is 4.56.